The fraction of sp³-hybridized carbons (Fsp3) is 1.00. The molecule has 1 aliphatic rings. The zero-order valence-electron chi connectivity index (χ0n) is 9.93. The summed E-state index contributed by atoms with van der Waals surface area (Å²) in [6, 6.07) is 0.770. The minimum Gasteiger partial charge on any atom is -0.300 e. The average Bonchev–Trinajstić information content (AvgIpc) is 2.08. The molecule has 0 spiro atoms. The Balaban J connectivity index is 2.55. The zero-order valence-corrected chi connectivity index (χ0v) is 9.93. The van der Waals surface area contributed by atoms with Crippen LogP contribution in [0.5, 0.6) is 0 Å². The monoisotopic (exact) mass is 183 g/mol. The van der Waals surface area contributed by atoms with Crippen LogP contribution < -0.4 is 0 Å². The number of rotatable bonds is 2. The Hall–Kier alpha value is -0.0400. The molecule has 1 nitrogen and oxygen atoms in total. The first-order valence-electron chi connectivity index (χ1n) is 5.71. The Kier molecular flexibility index (Phi) is 3.39. The highest BCUT2D eigenvalue weighted by atomic mass is 15.2. The van der Waals surface area contributed by atoms with Gasteiger partial charge in [0.05, 0.1) is 0 Å². The van der Waals surface area contributed by atoms with E-state index in [4.69, 9.17) is 0 Å². The predicted molar refractivity (Wildman–Crippen MR) is 58.9 cm³/mol. The Labute approximate surface area is 83.5 Å². The van der Waals surface area contributed by atoms with E-state index in [0.717, 1.165) is 12.0 Å². The fourth-order valence-electron chi connectivity index (χ4n) is 2.14. The van der Waals surface area contributed by atoms with Gasteiger partial charge in [-0.3, -0.25) is 0 Å². The molecule has 2 atom stereocenters. The molecule has 0 aromatic rings. The van der Waals surface area contributed by atoms with E-state index >= 15 is 0 Å². The minimum atomic E-state index is 0.516. The summed E-state index contributed by atoms with van der Waals surface area (Å²) in [5.74, 6) is 0.882. The number of nitrogens with zero attached hydrogens (tertiary/aromatic N) is 1. The molecule has 0 saturated carbocycles. The van der Waals surface area contributed by atoms with Gasteiger partial charge < -0.3 is 4.90 Å². The van der Waals surface area contributed by atoms with Crippen LogP contribution in [0.4, 0.5) is 0 Å². The molecule has 0 amide bonds. The average molecular weight is 183 g/mol. The molecule has 1 saturated heterocycles. The molecule has 0 N–H and O–H groups in total. The van der Waals surface area contributed by atoms with Gasteiger partial charge in [0.15, 0.2) is 0 Å². The number of likely N-dealkylation sites (tertiary alicyclic amines) is 1. The summed E-state index contributed by atoms with van der Waals surface area (Å²) in [6.45, 7) is 14.4. The van der Waals surface area contributed by atoms with E-state index in [1.54, 1.807) is 0 Å². The number of hydrogen-bond donors (Lipinski definition) is 0. The van der Waals surface area contributed by atoms with Crippen LogP contribution in [-0.4, -0.2) is 24.0 Å². The Morgan fingerprint density at radius 1 is 1.46 bits per heavy atom. The third kappa shape index (κ3) is 2.46. The molecule has 0 bridgehead atoms. The lowest BCUT2D eigenvalue weighted by Gasteiger charge is -2.45. The Morgan fingerprint density at radius 3 is 2.54 bits per heavy atom. The quantitative estimate of drug-likeness (QED) is 0.635. The molecule has 1 heteroatoms. The van der Waals surface area contributed by atoms with Crippen molar-refractivity contribution in [3.63, 3.8) is 0 Å². The van der Waals surface area contributed by atoms with Crippen molar-refractivity contribution in [3.05, 3.63) is 0 Å². The lowest BCUT2D eigenvalue weighted by molar-refractivity contribution is 0.0395. The second-order valence-electron chi connectivity index (χ2n) is 5.41. The molecule has 0 radical (unpaired) electrons. The van der Waals surface area contributed by atoms with E-state index in [0.29, 0.717) is 5.41 Å². The maximum Gasteiger partial charge on any atom is 0.00645 e. The van der Waals surface area contributed by atoms with Gasteiger partial charge >= 0.3 is 0 Å². The van der Waals surface area contributed by atoms with Crippen molar-refractivity contribution in [2.75, 3.05) is 13.1 Å². The van der Waals surface area contributed by atoms with Crippen molar-refractivity contribution in [2.24, 2.45) is 11.3 Å². The van der Waals surface area contributed by atoms with Gasteiger partial charge in [-0.05, 0) is 37.6 Å². The summed E-state index contributed by atoms with van der Waals surface area (Å²) in [5, 5.41) is 0. The Bertz CT molecular complexity index is 163. The second kappa shape index (κ2) is 4.00. The molecule has 1 aliphatic heterocycles. The highest BCUT2D eigenvalue weighted by molar-refractivity contribution is 4.86. The predicted octanol–water partition coefficient (Wildman–Crippen LogP) is 3.15. The molecule has 1 heterocycles. The van der Waals surface area contributed by atoms with E-state index < -0.39 is 0 Å². The normalized spacial score (nSPS) is 31.6. The summed E-state index contributed by atoms with van der Waals surface area (Å²) in [6.07, 6.45) is 2.65. The molecule has 0 aromatic heterocycles. The van der Waals surface area contributed by atoms with Crippen LogP contribution in [0.15, 0.2) is 0 Å². The van der Waals surface area contributed by atoms with Gasteiger partial charge in [-0.2, -0.15) is 0 Å². The topological polar surface area (TPSA) is 3.24 Å². The summed E-state index contributed by atoms with van der Waals surface area (Å²) in [5.41, 5.74) is 0.516. The van der Waals surface area contributed by atoms with Crippen molar-refractivity contribution in [1.82, 2.24) is 4.90 Å². The van der Waals surface area contributed by atoms with E-state index in [-0.39, 0.29) is 0 Å². The van der Waals surface area contributed by atoms with Gasteiger partial charge in [-0.15, -0.1) is 0 Å². The maximum absolute atomic E-state index is 2.65. The Morgan fingerprint density at radius 2 is 2.08 bits per heavy atom. The maximum atomic E-state index is 2.65. The van der Waals surface area contributed by atoms with Crippen LogP contribution in [0.25, 0.3) is 0 Å². The van der Waals surface area contributed by atoms with E-state index in [9.17, 15) is 0 Å². The van der Waals surface area contributed by atoms with E-state index in [1.807, 2.05) is 0 Å². The van der Waals surface area contributed by atoms with E-state index in [2.05, 4.69) is 39.5 Å². The van der Waals surface area contributed by atoms with Gasteiger partial charge in [0.25, 0.3) is 0 Å². The molecule has 0 aromatic carbocycles. The first-order valence-corrected chi connectivity index (χ1v) is 5.71. The third-order valence-electron chi connectivity index (χ3n) is 4.01. The van der Waals surface area contributed by atoms with Crippen LogP contribution >= 0.6 is 0 Å². The van der Waals surface area contributed by atoms with Gasteiger partial charge in [0.2, 0.25) is 0 Å². The molecule has 1 fully saturated rings. The molecule has 78 valence electrons. The smallest absolute Gasteiger partial charge is 0.00645 e. The van der Waals surface area contributed by atoms with Crippen molar-refractivity contribution in [2.45, 2.75) is 53.5 Å². The fourth-order valence-corrected chi connectivity index (χ4v) is 2.14. The SMILES string of the molecule is CCC(C)N1CCC(C)C(C)(C)C1. The summed E-state index contributed by atoms with van der Waals surface area (Å²) < 4.78 is 0. The number of hydrogen-bond acceptors (Lipinski definition) is 1. The van der Waals surface area contributed by atoms with Crippen LogP contribution in [0.2, 0.25) is 0 Å². The summed E-state index contributed by atoms with van der Waals surface area (Å²) in [7, 11) is 0. The highest BCUT2D eigenvalue weighted by Crippen LogP contribution is 2.35. The highest BCUT2D eigenvalue weighted by Gasteiger charge is 2.33. The van der Waals surface area contributed by atoms with Crippen molar-refractivity contribution in [3.8, 4) is 0 Å². The number of piperidine rings is 1. The summed E-state index contributed by atoms with van der Waals surface area (Å²) in [4.78, 5) is 2.65. The van der Waals surface area contributed by atoms with Crippen LogP contribution in [-0.2, 0) is 0 Å². The molecule has 2 unspecified atom stereocenters. The molecular formula is C12H25N. The van der Waals surface area contributed by atoms with Crippen LogP contribution in [0.1, 0.15) is 47.5 Å². The van der Waals surface area contributed by atoms with Gasteiger partial charge in [0.1, 0.15) is 0 Å². The lowest BCUT2D eigenvalue weighted by atomic mass is 9.75. The van der Waals surface area contributed by atoms with Gasteiger partial charge in [-0.25, -0.2) is 0 Å². The first-order chi connectivity index (χ1) is 5.97. The van der Waals surface area contributed by atoms with Crippen LogP contribution in [0, 0.1) is 11.3 Å². The van der Waals surface area contributed by atoms with Crippen molar-refractivity contribution >= 4 is 0 Å². The molecular weight excluding hydrogens is 158 g/mol. The van der Waals surface area contributed by atoms with Gasteiger partial charge in [-0.1, -0.05) is 27.7 Å². The van der Waals surface area contributed by atoms with Crippen LogP contribution in [0.3, 0.4) is 0 Å². The van der Waals surface area contributed by atoms with Crippen molar-refractivity contribution < 1.29 is 0 Å². The minimum absolute atomic E-state index is 0.516. The van der Waals surface area contributed by atoms with Crippen molar-refractivity contribution in [1.29, 1.82) is 0 Å². The largest absolute Gasteiger partial charge is 0.300 e. The molecule has 13 heavy (non-hydrogen) atoms. The molecule has 1 rings (SSSR count). The standard InChI is InChI=1S/C12H25N/c1-6-11(3)13-8-7-10(2)12(4,5)9-13/h10-11H,6-9H2,1-5H3. The molecule has 0 aliphatic carbocycles. The zero-order chi connectivity index (χ0) is 10.1. The second-order valence-corrected chi connectivity index (χ2v) is 5.41. The third-order valence-corrected chi connectivity index (χ3v) is 4.01. The first kappa shape index (κ1) is 11.0. The van der Waals surface area contributed by atoms with E-state index in [1.165, 1.54) is 25.9 Å². The summed E-state index contributed by atoms with van der Waals surface area (Å²) >= 11 is 0. The lowest BCUT2D eigenvalue weighted by Crippen LogP contribution is -2.48. The van der Waals surface area contributed by atoms with Gasteiger partial charge in [0, 0.05) is 12.6 Å².